The van der Waals surface area contributed by atoms with Crippen LogP contribution in [0.5, 0.6) is 11.5 Å². The van der Waals surface area contributed by atoms with Gasteiger partial charge in [0.25, 0.3) is 0 Å². The van der Waals surface area contributed by atoms with E-state index in [1.54, 1.807) is 0 Å². The first-order valence-corrected chi connectivity index (χ1v) is 14.9. The summed E-state index contributed by atoms with van der Waals surface area (Å²) in [5.41, 5.74) is 9.05. The Kier molecular flexibility index (Phi) is 9.52. The van der Waals surface area contributed by atoms with Crippen LogP contribution in [0.25, 0.3) is 20.5 Å². The molecule has 39 heavy (non-hydrogen) atoms. The molecule has 6 heteroatoms. The Labute approximate surface area is 235 Å². The highest BCUT2D eigenvalue weighted by atomic mass is 32.1. The van der Waals surface area contributed by atoms with Crippen LogP contribution >= 0.6 is 11.3 Å². The van der Waals surface area contributed by atoms with Crippen molar-refractivity contribution in [1.29, 1.82) is 0 Å². The molecule has 1 amide bonds. The monoisotopic (exact) mass is 542 g/mol. The van der Waals surface area contributed by atoms with E-state index in [4.69, 9.17) is 15.2 Å². The minimum Gasteiger partial charge on any atom is -0.494 e. The zero-order valence-electron chi connectivity index (χ0n) is 22.6. The summed E-state index contributed by atoms with van der Waals surface area (Å²) < 4.78 is 13.3. The van der Waals surface area contributed by atoms with Crippen molar-refractivity contribution in [3.63, 3.8) is 0 Å². The molecule has 0 bridgehead atoms. The fourth-order valence-corrected chi connectivity index (χ4v) is 6.41. The van der Waals surface area contributed by atoms with E-state index >= 15 is 0 Å². The topological polar surface area (TPSA) is 64.8 Å². The summed E-state index contributed by atoms with van der Waals surface area (Å²) in [4.78, 5) is 14.6. The molecule has 3 aromatic carbocycles. The number of ether oxygens (including phenoxy) is 2. The van der Waals surface area contributed by atoms with E-state index in [1.807, 2.05) is 11.3 Å². The third-order valence-electron chi connectivity index (χ3n) is 7.33. The number of fused-ring (bicyclic) bond motifs is 1. The molecule has 0 spiro atoms. The highest BCUT2D eigenvalue weighted by Crippen LogP contribution is 2.40. The molecule has 2 heterocycles. The van der Waals surface area contributed by atoms with Crippen molar-refractivity contribution in [2.24, 2.45) is 5.73 Å². The van der Waals surface area contributed by atoms with Crippen molar-refractivity contribution in [3.8, 4) is 21.9 Å². The summed E-state index contributed by atoms with van der Waals surface area (Å²) >= 11 is 1.86. The molecule has 1 fully saturated rings. The Morgan fingerprint density at radius 1 is 0.821 bits per heavy atom. The third kappa shape index (κ3) is 7.61. The van der Waals surface area contributed by atoms with Crippen LogP contribution in [0.1, 0.15) is 49.7 Å². The normalized spacial score (nSPS) is 13.6. The Morgan fingerprint density at radius 2 is 1.51 bits per heavy atom. The number of thiophene rings is 1. The maximum atomic E-state index is 10.8. The number of nitrogens with two attached hydrogens (primary N) is 1. The molecule has 204 valence electrons. The standard InChI is InChI=1S/C33H38N2O3S/c34-32(36)10-2-1-7-22-37-27-15-11-25(12-16-27)24-30-29-8-3-4-9-31(29)39-33(30)26-13-17-28(18-14-26)38-23-21-35-19-5-6-20-35/h3-4,8-9,11-18H,1-2,5-7,10,19-24H2,(H2,34,36). The van der Waals surface area contributed by atoms with Crippen LogP contribution in [-0.2, 0) is 11.2 Å². The van der Waals surface area contributed by atoms with Gasteiger partial charge in [-0.1, -0.05) is 30.3 Å². The van der Waals surface area contributed by atoms with Crippen LogP contribution in [0, 0.1) is 0 Å². The number of nitrogens with zero attached hydrogens (tertiary/aromatic N) is 1. The lowest BCUT2D eigenvalue weighted by atomic mass is 9.99. The van der Waals surface area contributed by atoms with Gasteiger partial charge in [-0.3, -0.25) is 9.69 Å². The summed E-state index contributed by atoms with van der Waals surface area (Å²) in [5, 5.41) is 1.32. The molecule has 2 N–H and O–H groups in total. The Hall–Kier alpha value is -3.35. The lowest BCUT2D eigenvalue weighted by molar-refractivity contribution is -0.118. The summed E-state index contributed by atoms with van der Waals surface area (Å²) in [6, 6.07) is 25.7. The number of carbonyl (C=O) groups is 1. The number of amides is 1. The molecular weight excluding hydrogens is 504 g/mol. The number of hydrogen-bond acceptors (Lipinski definition) is 5. The second-order valence-corrected chi connectivity index (χ2v) is 11.3. The fraction of sp³-hybridized carbons (Fsp3) is 0.364. The number of carbonyl (C=O) groups excluding carboxylic acids is 1. The molecule has 0 saturated carbocycles. The van der Waals surface area contributed by atoms with Gasteiger partial charge in [-0.05, 0) is 116 Å². The minimum atomic E-state index is -0.234. The Bertz CT molecular complexity index is 1340. The van der Waals surface area contributed by atoms with Gasteiger partial charge in [0.2, 0.25) is 5.91 Å². The Balaban J connectivity index is 1.22. The highest BCUT2D eigenvalue weighted by molar-refractivity contribution is 7.22. The average molecular weight is 543 g/mol. The van der Waals surface area contributed by atoms with Crippen LogP contribution in [0.4, 0.5) is 0 Å². The lowest BCUT2D eigenvalue weighted by Crippen LogP contribution is -2.25. The quantitative estimate of drug-likeness (QED) is 0.173. The van der Waals surface area contributed by atoms with E-state index < -0.39 is 0 Å². The first kappa shape index (κ1) is 27.2. The molecule has 1 aliphatic heterocycles. The van der Waals surface area contributed by atoms with E-state index in [1.165, 1.54) is 57.6 Å². The molecule has 0 atom stereocenters. The molecule has 0 unspecified atom stereocenters. The van der Waals surface area contributed by atoms with Gasteiger partial charge >= 0.3 is 0 Å². The Morgan fingerprint density at radius 3 is 2.26 bits per heavy atom. The molecule has 4 aromatic rings. The maximum Gasteiger partial charge on any atom is 0.217 e. The van der Waals surface area contributed by atoms with Crippen molar-refractivity contribution in [2.45, 2.75) is 44.9 Å². The van der Waals surface area contributed by atoms with Crippen molar-refractivity contribution in [1.82, 2.24) is 4.90 Å². The molecule has 5 nitrogen and oxygen atoms in total. The largest absolute Gasteiger partial charge is 0.494 e. The predicted octanol–water partition coefficient (Wildman–Crippen LogP) is 7.06. The summed E-state index contributed by atoms with van der Waals surface area (Å²) in [5.74, 6) is 1.58. The number of benzene rings is 3. The van der Waals surface area contributed by atoms with Crippen molar-refractivity contribution >= 4 is 27.3 Å². The molecule has 5 rings (SSSR count). The number of rotatable bonds is 14. The smallest absolute Gasteiger partial charge is 0.217 e. The first-order chi connectivity index (χ1) is 19.2. The van der Waals surface area contributed by atoms with Crippen LogP contribution in [0.2, 0.25) is 0 Å². The van der Waals surface area contributed by atoms with E-state index in [0.717, 1.165) is 50.3 Å². The lowest BCUT2D eigenvalue weighted by Gasteiger charge is -2.15. The van der Waals surface area contributed by atoms with Crippen molar-refractivity contribution in [2.75, 3.05) is 32.8 Å². The van der Waals surface area contributed by atoms with Gasteiger partial charge in [0.05, 0.1) is 6.61 Å². The molecule has 1 aromatic heterocycles. The fourth-order valence-electron chi connectivity index (χ4n) is 5.18. The van der Waals surface area contributed by atoms with Gasteiger partial charge in [0.1, 0.15) is 18.1 Å². The molecule has 0 aliphatic carbocycles. The predicted molar refractivity (Wildman–Crippen MR) is 161 cm³/mol. The number of unbranched alkanes of at least 4 members (excludes halogenated alkanes) is 2. The molecule has 1 saturated heterocycles. The third-order valence-corrected chi connectivity index (χ3v) is 8.59. The van der Waals surface area contributed by atoms with Crippen LogP contribution in [0.15, 0.2) is 72.8 Å². The second-order valence-electron chi connectivity index (χ2n) is 10.3. The van der Waals surface area contributed by atoms with Crippen LogP contribution < -0.4 is 15.2 Å². The van der Waals surface area contributed by atoms with E-state index in [9.17, 15) is 4.79 Å². The van der Waals surface area contributed by atoms with E-state index in [0.29, 0.717) is 13.0 Å². The van der Waals surface area contributed by atoms with Gasteiger partial charge in [-0.15, -0.1) is 11.3 Å². The van der Waals surface area contributed by atoms with E-state index in [-0.39, 0.29) is 5.91 Å². The van der Waals surface area contributed by atoms with E-state index in [2.05, 4.69) is 77.7 Å². The van der Waals surface area contributed by atoms with Gasteiger partial charge in [-0.2, -0.15) is 0 Å². The van der Waals surface area contributed by atoms with Crippen LogP contribution in [-0.4, -0.2) is 43.7 Å². The zero-order valence-corrected chi connectivity index (χ0v) is 23.4. The van der Waals surface area contributed by atoms with Gasteiger partial charge in [0, 0.05) is 22.5 Å². The number of hydrogen-bond donors (Lipinski definition) is 1. The SMILES string of the molecule is NC(=O)CCCCCOc1ccc(Cc2c(-c3ccc(OCCN4CCCC4)cc3)sc3ccccc23)cc1. The molecule has 1 aliphatic rings. The molecule has 0 radical (unpaired) electrons. The first-order valence-electron chi connectivity index (χ1n) is 14.1. The highest BCUT2D eigenvalue weighted by Gasteiger charge is 2.15. The summed E-state index contributed by atoms with van der Waals surface area (Å²) in [6.45, 7) is 4.79. The minimum absolute atomic E-state index is 0.234. The van der Waals surface area contributed by atoms with Gasteiger partial charge in [0.15, 0.2) is 0 Å². The molecular formula is C33H38N2O3S. The maximum absolute atomic E-state index is 10.8. The van der Waals surface area contributed by atoms with Crippen molar-refractivity contribution < 1.29 is 14.3 Å². The van der Waals surface area contributed by atoms with Crippen LogP contribution in [0.3, 0.4) is 0 Å². The van der Waals surface area contributed by atoms with Crippen molar-refractivity contribution in [3.05, 3.63) is 83.9 Å². The summed E-state index contributed by atoms with van der Waals surface area (Å²) in [6.07, 6.45) is 6.62. The number of primary amides is 1. The summed E-state index contributed by atoms with van der Waals surface area (Å²) in [7, 11) is 0. The van der Waals surface area contributed by atoms with Gasteiger partial charge < -0.3 is 15.2 Å². The van der Waals surface area contributed by atoms with Gasteiger partial charge in [-0.25, -0.2) is 0 Å². The zero-order chi connectivity index (χ0) is 26.9. The number of likely N-dealkylation sites (tertiary alicyclic amines) is 1. The second kappa shape index (κ2) is 13.6. The average Bonchev–Trinajstić information content (AvgIpc) is 3.60.